The molecular formula is C13H23N3. The van der Waals surface area contributed by atoms with E-state index in [1.54, 1.807) is 6.33 Å². The van der Waals surface area contributed by atoms with E-state index in [1.165, 1.54) is 19.3 Å². The second-order valence-electron chi connectivity index (χ2n) is 4.67. The maximum Gasteiger partial charge on any atom is 0.129 e. The van der Waals surface area contributed by atoms with E-state index in [9.17, 15) is 0 Å². The maximum atomic E-state index is 4.26. The predicted molar refractivity (Wildman–Crippen MR) is 68.7 cm³/mol. The van der Waals surface area contributed by atoms with Crippen molar-refractivity contribution in [2.75, 3.05) is 5.32 Å². The summed E-state index contributed by atoms with van der Waals surface area (Å²) in [6.45, 7) is 8.71. The van der Waals surface area contributed by atoms with Crippen molar-refractivity contribution in [3.05, 3.63) is 18.1 Å². The van der Waals surface area contributed by atoms with E-state index in [4.69, 9.17) is 0 Å². The second kappa shape index (κ2) is 6.46. The zero-order valence-electron chi connectivity index (χ0n) is 10.8. The molecule has 1 unspecified atom stereocenters. The van der Waals surface area contributed by atoms with E-state index in [1.807, 2.05) is 6.07 Å². The molecule has 1 aromatic rings. The fourth-order valence-electron chi connectivity index (χ4n) is 1.60. The summed E-state index contributed by atoms with van der Waals surface area (Å²) < 4.78 is 0. The summed E-state index contributed by atoms with van der Waals surface area (Å²) in [7, 11) is 0. The van der Waals surface area contributed by atoms with Crippen LogP contribution < -0.4 is 5.32 Å². The lowest BCUT2D eigenvalue weighted by Crippen LogP contribution is -2.16. The zero-order chi connectivity index (χ0) is 12.0. The molecule has 0 aliphatic heterocycles. The molecule has 0 aliphatic rings. The first-order valence-electron chi connectivity index (χ1n) is 6.22. The van der Waals surface area contributed by atoms with Crippen molar-refractivity contribution in [1.29, 1.82) is 0 Å². The first-order valence-corrected chi connectivity index (χ1v) is 6.22. The minimum Gasteiger partial charge on any atom is -0.368 e. The van der Waals surface area contributed by atoms with E-state index < -0.39 is 0 Å². The predicted octanol–water partition coefficient (Wildman–Crippen LogP) is 3.59. The quantitative estimate of drug-likeness (QED) is 0.797. The molecule has 0 saturated carbocycles. The van der Waals surface area contributed by atoms with Crippen LogP contribution in [0.15, 0.2) is 12.4 Å². The van der Waals surface area contributed by atoms with Gasteiger partial charge in [-0.25, -0.2) is 9.97 Å². The molecule has 1 atom stereocenters. The summed E-state index contributed by atoms with van der Waals surface area (Å²) in [5.74, 6) is 1.40. The summed E-state index contributed by atoms with van der Waals surface area (Å²) in [6.07, 6.45) is 5.34. The number of rotatable bonds is 6. The Labute approximate surface area is 98.7 Å². The van der Waals surface area contributed by atoms with E-state index in [0.29, 0.717) is 12.0 Å². The molecule has 1 rings (SSSR count). The Morgan fingerprint density at radius 3 is 2.62 bits per heavy atom. The van der Waals surface area contributed by atoms with Crippen LogP contribution in [0.4, 0.5) is 5.82 Å². The molecule has 1 aromatic heterocycles. The normalized spacial score (nSPS) is 12.8. The molecule has 3 heteroatoms. The Balaban J connectivity index is 2.56. The van der Waals surface area contributed by atoms with Gasteiger partial charge in [0, 0.05) is 17.8 Å². The third kappa shape index (κ3) is 4.17. The van der Waals surface area contributed by atoms with Gasteiger partial charge >= 0.3 is 0 Å². The van der Waals surface area contributed by atoms with Gasteiger partial charge in [-0.1, -0.05) is 33.6 Å². The van der Waals surface area contributed by atoms with Gasteiger partial charge in [0.05, 0.1) is 0 Å². The first kappa shape index (κ1) is 12.9. The molecular weight excluding hydrogens is 198 g/mol. The third-order valence-corrected chi connectivity index (χ3v) is 2.66. The van der Waals surface area contributed by atoms with Crippen molar-refractivity contribution in [2.45, 2.75) is 58.9 Å². The Morgan fingerprint density at radius 2 is 2.00 bits per heavy atom. The molecule has 0 saturated heterocycles. The average molecular weight is 221 g/mol. The molecule has 0 aliphatic carbocycles. The molecule has 1 N–H and O–H groups in total. The monoisotopic (exact) mass is 221 g/mol. The fourth-order valence-corrected chi connectivity index (χ4v) is 1.60. The van der Waals surface area contributed by atoms with Crippen LogP contribution in [0.1, 0.15) is 58.6 Å². The lowest BCUT2D eigenvalue weighted by Gasteiger charge is -2.14. The summed E-state index contributed by atoms with van der Waals surface area (Å²) in [5.41, 5.74) is 1.10. The highest BCUT2D eigenvalue weighted by Gasteiger charge is 2.05. The van der Waals surface area contributed by atoms with Crippen LogP contribution in [0.2, 0.25) is 0 Å². The largest absolute Gasteiger partial charge is 0.368 e. The van der Waals surface area contributed by atoms with Crippen LogP contribution in [0.5, 0.6) is 0 Å². The van der Waals surface area contributed by atoms with Gasteiger partial charge in [-0.15, -0.1) is 0 Å². The smallest absolute Gasteiger partial charge is 0.129 e. The Bertz CT molecular complexity index is 310. The minimum absolute atomic E-state index is 0.453. The van der Waals surface area contributed by atoms with Crippen LogP contribution in [0.25, 0.3) is 0 Å². The maximum absolute atomic E-state index is 4.26. The molecule has 0 spiro atoms. The lowest BCUT2D eigenvalue weighted by molar-refractivity contribution is 0.642. The molecule has 0 bridgehead atoms. The standard InChI is InChI=1S/C13H23N3/c1-5-6-7-11(4)16-13-8-12(10(2)3)14-9-15-13/h8-11H,5-7H2,1-4H3,(H,14,15,16). The van der Waals surface area contributed by atoms with Gasteiger partial charge < -0.3 is 5.32 Å². The van der Waals surface area contributed by atoms with E-state index in [-0.39, 0.29) is 0 Å². The van der Waals surface area contributed by atoms with Crippen molar-refractivity contribution in [3.8, 4) is 0 Å². The van der Waals surface area contributed by atoms with Crippen molar-refractivity contribution in [2.24, 2.45) is 0 Å². The first-order chi connectivity index (χ1) is 7.63. The van der Waals surface area contributed by atoms with Gasteiger partial charge in [0.15, 0.2) is 0 Å². The molecule has 90 valence electrons. The van der Waals surface area contributed by atoms with Gasteiger partial charge in [0.1, 0.15) is 12.1 Å². The van der Waals surface area contributed by atoms with Crippen LogP contribution in [0, 0.1) is 0 Å². The average Bonchev–Trinajstić information content (AvgIpc) is 2.26. The number of hydrogen-bond donors (Lipinski definition) is 1. The Hall–Kier alpha value is -1.12. The summed E-state index contributed by atoms with van der Waals surface area (Å²) in [6, 6.07) is 2.53. The summed E-state index contributed by atoms with van der Waals surface area (Å²) >= 11 is 0. The van der Waals surface area contributed by atoms with Crippen molar-refractivity contribution in [1.82, 2.24) is 9.97 Å². The Morgan fingerprint density at radius 1 is 1.25 bits per heavy atom. The van der Waals surface area contributed by atoms with Crippen LogP contribution in [0.3, 0.4) is 0 Å². The van der Waals surface area contributed by atoms with E-state index in [0.717, 1.165) is 11.5 Å². The number of aromatic nitrogens is 2. The van der Waals surface area contributed by atoms with Crippen molar-refractivity contribution in [3.63, 3.8) is 0 Å². The number of unbranched alkanes of at least 4 members (excludes halogenated alkanes) is 1. The SMILES string of the molecule is CCCCC(C)Nc1cc(C(C)C)ncn1. The van der Waals surface area contributed by atoms with Gasteiger partial charge in [-0.3, -0.25) is 0 Å². The molecule has 0 aromatic carbocycles. The lowest BCUT2D eigenvalue weighted by atomic mass is 10.1. The van der Waals surface area contributed by atoms with Gasteiger partial charge in [0.25, 0.3) is 0 Å². The van der Waals surface area contributed by atoms with E-state index >= 15 is 0 Å². The van der Waals surface area contributed by atoms with Gasteiger partial charge in [-0.2, -0.15) is 0 Å². The number of nitrogens with zero attached hydrogens (tertiary/aromatic N) is 2. The minimum atomic E-state index is 0.453. The van der Waals surface area contributed by atoms with Gasteiger partial charge in [0.2, 0.25) is 0 Å². The molecule has 16 heavy (non-hydrogen) atoms. The van der Waals surface area contributed by atoms with Crippen LogP contribution in [-0.2, 0) is 0 Å². The number of nitrogens with one attached hydrogen (secondary N) is 1. The van der Waals surface area contributed by atoms with E-state index in [2.05, 4.69) is 43.0 Å². The topological polar surface area (TPSA) is 37.8 Å². The van der Waals surface area contributed by atoms with Gasteiger partial charge in [-0.05, 0) is 19.3 Å². The summed E-state index contributed by atoms with van der Waals surface area (Å²) in [5, 5.41) is 3.42. The Kier molecular flexibility index (Phi) is 5.23. The number of hydrogen-bond acceptors (Lipinski definition) is 3. The highest BCUT2D eigenvalue weighted by Crippen LogP contribution is 2.15. The molecule has 1 heterocycles. The van der Waals surface area contributed by atoms with Crippen molar-refractivity contribution >= 4 is 5.82 Å². The van der Waals surface area contributed by atoms with Crippen molar-refractivity contribution < 1.29 is 0 Å². The highest BCUT2D eigenvalue weighted by atomic mass is 15.0. The number of anilines is 1. The zero-order valence-corrected chi connectivity index (χ0v) is 10.8. The summed E-state index contributed by atoms with van der Waals surface area (Å²) in [4.78, 5) is 8.50. The molecule has 0 radical (unpaired) electrons. The molecule has 0 amide bonds. The third-order valence-electron chi connectivity index (χ3n) is 2.66. The van der Waals surface area contributed by atoms with Crippen LogP contribution >= 0.6 is 0 Å². The second-order valence-corrected chi connectivity index (χ2v) is 4.67. The van der Waals surface area contributed by atoms with Crippen LogP contribution in [-0.4, -0.2) is 16.0 Å². The highest BCUT2D eigenvalue weighted by molar-refractivity contribution is 5.36. The molecule has 3 nitrogen and oxygen atoms in total. The fraction of sp³-hybridized carbons (Fsp3) is 0.692. The molecule has 0 fully saturated rings.